The van der Waals surface area contributed by atoms with Crippen molar-refractivity contribution in [3.05, 3.63) is 23.8 Å². The maximum absolute atomic E-state index is 12.1. The van der Waals surface area contributed by atoms with Gasteiger partial charge in [0.1, 0.15) is 0 Å². The Morgan fingerprint density at radius 2 is 1.89 bits per heavy atom. The monoisotopic (exact) mass is 270 g/mol. The van der Waals surface area contributed by atoms with E-state index in [-0.39, 0.29) is 4.90 Å². The van der Waals surface area contributed by atoms with E-state index in [2.05, 4.69) is 18.6 Å². The van der Waals surface area contributed by atoms with Gasteiger partial charge >= 0.3 is 0 Å². The van der Waals surface area contributed by atoms with Crippen molar-refractivity contribution in [3.8, 4) is 0 Å². The molecule has 0 bridgehead atoms. The van der Waals surface area contributed by atoms with Gasteiger partial charge in [-0.25, -0.2) is 13.1 Å². The average Bonchev–Trinajstić information content (AvgIpc) is 2.29. The van der Waals surface area contributed by atoms with Crippen LogP contribution in [0.4, 0.5) is 5.69 Å². The second kappa shape index (κ2) is 5.71. The van der Waals surface area contributed by atoms with Gasteiger partial charge in [0.2, 0.25) is 10.0 Å². The van der Waals surface area contributed by atoms with E-state index >= 15 is 0 Å². The SMILES string of the molecule is Cc1ccc(S(=O)(=O)NCC(C)C(C)C)cc1N. The van der Waals surface area contributed by atoms with E-state index in [1.165, 1.54) is 6.07 Å². The van der Waals surface area contributed by atoms with Crippen molar-refractivity contribution < 1.29 is 8.42 Å². The minimum absolute atomic E-state index is 0.224. The highest BCUT2D eigenvalue weighted by Gasteiger charge is 2.17. The quantitative estimate of drug-likeness (QED) is 0.805. The fourth-order valence-corrected chi connectivity index (χ4v) is 2.52. The van der Waals surface area contributed by atoms with E-state index in [1.807, 2.05) is 13.8 Å². The number of rotatable bonds is 5. The number of benzene rings is 1. The molecule has 0 saturated heterocycles. The van der Waals surface area contributed by atoms with Crippen LogP contribution in [0, 0.1) is 18.8 Å². The highest BCUT2D eigenvalue weighted by Crippen LogP contribution is 2.17. The van der Waals surface area contributed by atoms with Crippen molar-refractivity contribution in [2.45, 2.75) is 32.6 Å². The summed E-state index contributed by atoms with van der Waals surface area (Å²) in [5.41, 5.74) is 7.10. The molecule has 0 saturated carbocycles. The summed E-state index contributed by atoms with van der Waals surface area (Å²) in [5, 5.41) is 0. The van der Waals surface area contributed by atoms with Crippen LogP contribution < -0.4 is 10.5 Å². The molecule has 102 valence electrons. The zero-order valence-corrected chi connectivity index (χ0v) is 12.2. The Morgan fingerprint density at radius 3 is 2.39 bits per heavy atom. The number of aryl methyl sites for hydroxylation is 1. The molecule has 0 aromatic heterocycles. The molecule has 0 radical (unpaired) electrons. The topological polar surface area (TPSA) is 72.2 Å². The normalized spacial score (nSPS) is 13.8. The van der Waals surface area contributed by atoms with Crippen molar-refractivity contribution in [2.75, 3.05) is 12.3 Å². The number of hydrogen-bond acceptors (Lipinski definition) is 3. The molecular formula is C13H22N2O2S. The maximum atomic E-state index is 12.1. The molecule has 1 rings (SSSR count). The number of nitrogens with two attached hydrogens (primary N) is 1. The second-order valence-corrected chi connectivity index (χ2v) is 6.86. The second-order valence-electron chi connectivity index (χ2n) is 5.09. The molecular weight excluding hydrogens is 248 g/mol. The number of sulfonamides is 1. The third-order valence-electron chi connectivity index (χ3n) is 3.29. The number of anilines is 1. The number of nitrogens with one attached hydrogen (secondary N) is 1. The molecule has 0 fully saturated rings. The van der Waals surface area contributed by atoms with Crippen LogP contribution in [0.2, 0.25) is 0 Å². The molecule has 5 heteroatoms. The lowest BCUT2D eigenvalue weighted by molar-refractivity contribution is 0.414. The third-order valence-corrected chi connectivity index (χ3v) is 4.72. The predicted molar refractivity (Wildman–Crippen MR) is 74.8 cm³/mol. The molecule has 0 amide bonds. The van der Waals surface area contributed by atoms with Gasteiger partial charge in [-0.3, -0.25) is 0 Å². The molecule has 4 nitrogen and oxygen atoms in total. The standard InChI is InChI=1S/C13H22N2O2S/c1-9(2)11(4)8-15-18(16,17)12-6-5-10(3)13(14)7-12/h5-7,9,11,15H,8,14H2,1-4H3. The van der Waals surface area contributed by atoms with Gasteiger partial charge in [0.15, 0.2) is 0 Å². The van der Waals surface area contributed by atoms with Crippen LogP contribution in [0.3, 0.4) is 0 Å². The van der Waals surface area contributed by atoms with Gasteiger partial charge in [-0.1, -0.05) is 26.8 Å². The van der Waals surface area contributed by atoms with E-state index in [1.54, 1.807) is 12.1 Å². The van der Waals surface area contributed by atoms with Crippen LogP contribution in [-0.4, -0.2) is 15.0 Å². The first kappa shape index (κ1) is 15.0. The third kappa shape index (κ3) is 3.71. The highest BCUT2D eigenvalue weighted by molar-refractivity contribution is 7.89. The number of nitrogen functional groups attached to an aromatic ring is 1. The summed E-state index contributed by atoms with van der Waals surface area (Å²) >= 11 is 0. The van der Waals surface area contributed by atoms with Gasteiger partial charge in [0, 0.05) is 12.2 Å². The lowest BCUT2D eigenvalue weighted by Gasteiger charge is -2.16. The van der Waals surface area contributed by atoms with Crippen molar-refractivity contribution >= 4 is 15.7 Å². The van der Waals surface area contributed by atoms with Gasteiger partial charge < -0.3 is 5.73 Å². The van der Waals surface area contributed by atoms with E-state index in [0.29, 0.717) is 24.1 Å². The molecule has 0 heterocycles. The minimum Gasteiger partial charge on any atom is -0.398 e. The Labute approximate surface area is 110 Å². The van der Waals surface area contributed by atoms with Crippen molar-refractivity contribution in [1.82, 2.24) is 4.72 Å². The Bertz CT molecular complexity index is 510. The van der Waals surface area contributed by atoms with Gasteiger partial charge in [-0.15, -0.1) is 0 Å². The molecule has 0 aliphatic rings. The summed E-state index contributed by atoms with van der Waals surface area (Å²) in [6, 6.07) is 4.79. The summed E-state index contributed by atoms with van der Waals surface area (Å²) in [4.78, 5) is 0.224. The maximum Gasteiger partial charge on any atom is 0.240 e. The molecule has 1 atom stereocenters. The Balaban J connectivity index is 2.83. The van der Waals surface area contributed by atoms with Crippen LogP contribution in [-0.2, 0) is 10.0 Å². The first-order chi connectivity index (χ1) is 8.24. The first-order valence-corrected chi connectivity index (χ1v) is 7.58. The highest BCUT2D eigenvalue weighted by atomic mass is 32.2. The molecule has 3 N–H and O–H groups in total. The molecule has 0 spiro atoms. The van der Waals surface area contributed by atoms with Crippen LogP contribution in [0.25, 0.3) is 0 Å². The van der Waals surface area contributed by atoms with Gasteiger partial charge in [0.05, 0.1) is 4.90 Å². The average molecular weight is 270 g/mol. The summed E-state index contributed by atoms with van der Waals surface area (Å²) in [6.07, 6.45) is 0. The lowest BCUT2D eigenvalue weighted by Crippen LogP contribution is -2.30. The summed E-state index contributed by atoms with van der Waals surface area (Å²) in [7, 11) is -3.46. The fraction of sp³-hybridized carbons (Fsp3) is 0.538. The van der Waals surface area contributed by atoms with E-state index in [0.717, 1.165) is 5.56 Å². The number of hydrogen-bond donors (Lipinski definition) is 2. The van der Waals surface area contributed by atoms with E-state index in [4.69, 9.17) is 5.73 Å². The summed E-state index contributed by atoms with van der Waals surface area (Å²) < 4.78 is 26.7. The molecule has 0 aliphatic heterocycles. The molecule has 1 unspecified atom stereocenters. The first-order valence-electron chi connectivity index (χ1n) is 6.10. The van der Waals surface area contributed by atoms with Crippen LogP contribution in [0.15, 0.2) is 23.1 Å². The smallest absolute Gasteiger partial charge is 0.240 e. The molecule has 0 aliphatic carbocycles. The zero-order valence-electron chi connectivity index (χ0n) is 11.4. The largest absolute Gasteiger partial charge is 0.398 e. The Hall–Kier alpha value is -1.07. The fourth-order valence-electron chi connectivity index (χ4n) is 1.35. The lowest BCUT2D eigenvalue weighted by atomic mass is 9.99. The van der Waals surface area contributed by atoms with E-state index < -0.39 is 10.0 Å². The predicted octanol–water partition coefficient (Wildman–Crippen LogP) is 2.15. The van der Waals surface area contributed by atoms with Gasteiger partial charge in [0.25, 0.3) is 0 Å². The summed E-state index contributed by atoms with van der Waals surface area (Å²) in [6.45, 7) is 8.45. The van der Waals surface area contributed by atoms with Crippen molar-refractivity contribution in [1.29, 1.82) is 0 Å². The van der Waals surface area contributed by atoms with Crippen molar-refractivity contribution in [3.63, 3.8) is 0 Å². The zero-order chi connectivity index (χ0) is 13.9. The molecule has 1 aromatic rings. The molecule has 18 heavy (non-hydrogen) atoms. The van der Waals surface area contributed by atoms with Crippen LogP contribution in [0.5, 0.6) is 0 Å². The van der Waals surface area contributed by atoms with Crippen molar-refractivity contribution in [2.24, 2.45) is 11.8 Å². The Morgan fingerprint density at radius 1 is 1.28 bits per heavy atom. The van der Waals surface area contributed by atoms with E-state index in [9.17, 15) is 8.42 Å². The van der Waals surface area contributed by atoms with Crippen LogP contribution >= 0.6 is 0 Å². The van der Waals surface area contributed by atoms with Gasteiger partial charge in [-0.2, -0.15) is 0 Å². The van der Waals surface area contributed by atoms with Crippen LogP contribution in [0.1, 0.15) is 26.3 Å². The molecule has 1 aromatic carbocycles. The Kier molecular flexibility index (Phi) is 4.76. The minimum atomic E-state index is -3.46. The van der Waals surface area contributed by atoms with Gasteiger partial charge in [-0.05, 0) is 36.5 Å². The summed E-state index contributed by atoms with van der Waals surface area (Å²) in [5.74, 6) is 0.735.